The van der Waals surface area contributed by atoms with Crippen molar-refractivity contribution in [3.8, 4) is 0 Å². The highest BCUT2D eigenvalue weighted by Gasteiger charge is 2.14. The molecular formula is C12H11N3O4. The van der Waals surface area contributed by atoms with Crippen molar-refractivity contribution in [2.24, 2.45) is 0 Å². The van der Waals surface area contributed by atoms with Gasteiger partial charge in [0, 0.05) is 0 Å². The van der Waals surface area contributed by atoms with Crippen LogP contribution in [0.2, 0.25) is 0 Å². The highest BCUT2D eigenvalue weighted by Crippen LogP contribution is 2.11. The van der Waals surface area contributed by atoms with E-state index in [-0.39, 0.29) is 18.0 Å². The van der Waals surface area contributed by atoms with E-state index in [0.29, 0.717) is 11.4 Å². The van der Waals surface area contributed by atoms with E-state index in [4.69, 9.17) is 9.63 Å². The van der Waals surface area contributed by atoms with E-state index >= 15 is 0 Å². The number of benzene rings is 1. The number of nitrogens with zero attached hydrogens (tertiary/aromatic N) is 2. The van der Waals surface area contributed by atoms with E-state index < -0.39 is 11.9 Å². The molecule has 98 valence electrons. The number of nitrogens with one attached hydrogen (secondary N) is 1. The van der Waals surface area contributed by atoms with Crippen molar-refractivity contribution in [3.05, 3.63) is 41.2 Å². The van der Waals surface area contributed by atoms with Gasteiger partial charge in [-0.1, -0.05) is 23.4 Å². The van der Waals surface area contributed by atoms with E-state index in [2.05, 4.69) is 15.5 Å². The zero-order valence-electron chi connectivity index (χ0n) is 10.1. The molecule has 0 aliphatic carbocycles. The molecule has 2 N–H and O–H groups in total. The topological polar surface area (TPSA) is 105 Å². The molecule has 0 aliphatic heterocycles. The minimum Gasteiger partial charge on any atom is -0.478 e. The van der Waals surface area contributed by atoms with Gasteiger partial charge in [-0.3, -0.25) is 10.1 Å². The Labute approximate surface area is 108 Å². The van der Waals surface area contributed by atoms with Gasteiger partial charge in [0.1, 0.15) is 0 Å². The summed E-state index contributed by atoms with van der Waals surface area (Å²) >= 11 is 0. The minimum absolute atomic E-state index is 0.00435. The number of aromatic carboxylic acids is 1. The number of aryl methyl sites for hydroxylation is 1. The fraction of sp³-hybridized carbons (Fsp3) is 0.167. The van der Waals surface area contributed by atoms with Crippen LogP contribution in [0.25, 0.3) is 0 Å². The predicted octanol–water partition coefficient (Wildman–Crippen LogP) is 1.26. The van der Waals surface area contributed by atoms with E-state index in [0.717, 1.165) is 0 Å². The van der Waals surface area contributed by atoms with E-state index in [1.807, 2.05) is 0 Å². The lowest BCUT2D eigenvalue weighted by Crippen LogP contribution is -2.16. The van der Waals surface area contributed by atoms with E-state index in [1.54, 1.807) is 25.1 Å². The molecule has 1 heterocycles. The standard InChI is InChI=1S/C12H11N3O4/c1-7-13-12(19-15-7)14-10(16)6-8-4-2-3-5-9(8)11(17)18/h2-5H,6H2,1H3,(H,17,18)(H,13,14,15,16). The van der Waals surface area contributed by atoms with Gasteiger partial charge in [0.2, 0.25) is 5.91 Å². The second kappa shape index (κ2) is 5.30. The first kappa shape index (κ1) is 12.7. The Balaban J connectivity index is 2.09. The first-order valence-electron chi connectivity index (χ1n) is 5.47. The van der Waals surface area contributed by atoms with Gasteiger partial charge in [0.05, 0.1) is 12.0 Å². The Morgan fingerprint density at radius 2 is 2.11 bits per heavy atom. The van der Waals surface area contributed by atoms with Gasteiger partial charge in [-0.15, -0.1) is 0 Å². The van der Waals surface area contributed by atoms with Gasteiger partial charge in [0.15, 0.2) is 5.82 Å². The number of anilines is 1. The van der Waals surface area contributed by atoms with Crippen molar-refractivity contribution in [1.82, 2.24) is 10.1 Å². The van der Waals surface area contributed by atoms with Crippen LogP contribution in [0.15, 0.2) is 28.8 Å². The average molecular weight is 261 g/mol. The number of aromatic nitrogens is 2. The third-order valence-electron chi connectivity index (χ3n) is 2.37. The molecule has 0 saturated carbocycles. The van der Waals surface area contributed by atoms with Crippen molar-refractivity contribution in [2.45, 2.75) is 13.3 Å². The molecule has 1 amide bonds. The van der Waals surface area contributed by atoms with E-state index in [9.17, 15) is 9.59 Å². The fourth-order valence-electron chi connectivity index (χ4n) is 1.57. The lowest BCUT2D eigenvalue weighted by atomic mass is 10.0. The summed E-state index contributed by atoms with van der Waals surface area (Å²) < 4.78 is 4.74. The first-order valence-corrected chi connectivity index (χ1v) is 5.47. The number of carboxylic acid groups (broad SMARTS) is 1. The molecule has 0 spiro atoms. The molecule has 0 unspecified atom stereocenters. The molecular weight excluding hydrogens is 250 g/mol. The molecule has 0 saturated heterocycles. The maximum atomic E-state index is 11.7. The van der Waals surface area contributed by atoms with Crippen LogP contribution < -0.4 is 5.32 Å². The Kier molecular flexibility index (Phi) is 3.56. The number of rotatable bonds is 4. The predicted molar refractivity (Wildman–Crippen MR) is 64.8 cm³/mol. The summed E-state index contributed by atoms with van der Waals surface area (Å²) in [6.07, 6.45) is -0.0795. The van der Waals surface area contributed by atoms with Gasteiger partial charge in [-0.25, -0.2) is 4.79 Å². The molecule has 7 heteroatoms. The van der Waals surface area contributed by atoms with Gasteiger partial charge < -0.3 is 9.63 Å². The number of hydrogen-bond donors (Lipinski definition) is 2. The average Bonchev–Trinajstić information content (AvgIpc) is 2.75. The van der Waals surface area contributed by atoms with Crippen LogP contribution in [0.4, 0.5) is 6.01 Å². The summed E-state index contributed by atoms with van der Waals surface area (Å²) in [5.41, 5.74) is 0.517. The van der Waals surface area contributed by atoms with Gasteiger partial charge in [-0.05, 0) is 18.6 Å². The number of carbonyl (C=O) groups is 2. The third-order valence-corrected chi connectivity index (χ3v) is 2.37. The van der Waals surface area contributed by atoms with Crippen molar-refractivity contribution in [3.63, 3.8) is 0 Å². The Morgan fingerprint density at radius 3 is 2.74 bits per heavy atom. The van der Waals surface area contributed by atoms with Crippen LogP contribution in [0.1, 0.15) is 21.7 Å². The second-order valence-electron chi connectivity index (χ2n) is 3.83. The monoisotopic (exact) mass is 261 g/mol. The first-order chi connectivity index (χ1) is 9.06. The summed E-state index contributed by atoms with van der Waals surface area (Å²) in [5, 5.41) is 14.9. The normalized spacial score (nSPS) is 10.2. The summed E-state index contributed by atoms with van der Waals surface area (Å²) in [4.78, 5) is 26.6. The van der Waals surface area contributed by atoms with Gasteiger partial charge >= 0.3 is 12.0 Å². The SMILES string of the molecule is Cc1noc(NC(=O)Cc2ccccc2C(=O)O)n1. The third kappa shape index (κ3) is 3.15. The molecule has 0 aliphatic rings. The molecule has 2 aromatic rings. The summed E-state index contributed by atoms with van der Waals surface area (Å²) in [5.74, 6) is -1.09. The second-order valence-corrected chi connectivity index (χ2v) is 3.83. The number of hydrogen-bond acceptors (Lipinski definition) is 5. The molecule has 0 fully saturated rings. The van der Waals surface area contributed by atoms with Crippen molar-refractivity contribution < 1.29 is 19.2 Å². The van der Waals surface area contributed by atoms with Crippen molar-refractivity contribution >= 4 is 17.9 Å². The Hall–Kier alpha value is -2.70. The molecule has 0 bridgehead atoms. The highest BCUT2D eigenvalue weighted by atomic mass is 16.5. The van der Waals surface area contributed by atoms with Crippen LogP contribution >= 0.6 is 0 Å². The molecule has 0 radical (unpaired) electrons. The zero-order valence-corrected chi connectivity index (χ0v) is 10.1. The zero-order chi connectivity index (χ0) is 13.8. The lowest BCUT2D eigenvalue weighted by Gasteiger charge is -2.04. The van der Waals surface area contributed by atoms with Crippen molar-refractivity contribution in [1.29, 1.82) is 0 Å². The molecule has 19 heavy (non-hydrogen) atoms. The molecule has 0 atom stereocenters. The summed E-state index contributed by atoms with van der Waals surface area (Å²) in [7, 11) is 0. The molecule has 1 aromatic heterocycles. The number of carbonyl (C=O) groups excluding carboxylic acids is 1. The largest absolute Gasteiger partial charge is 0.478 e. The molecule has 2 rings (SSSR count). The maximum Gasteiger partial charge on any atom is 0.335 e. The van der Waals surface area contributed by atoms with Crippen LogP contribution in [0.5, 0.6) is 0 Å². The summed E-state index contributed by atoms with van der Waals surface area (Å²) in [6.45, 7) is 1.62. The fourth-order valence-corrected chi connectivity index (χ4v) is 1.57. The highest BCUT2D eigenvalue weighted by molar-refractivity contribution is 5.94. The molecule has 7 nitrogen and oxygen atoms in total. The van der Waals surface area contributed by atoms with E-state index in [1.165, 1.54) is 6.07 Å². The summed E-state index contributed by atoms with van der Waals surface area (Å²) in [6, 6.07) is 6.30. The number of carboxylic acids is 1. The van der Waals surface area contributed by atoms with Gasteiger partial charge in [0.25, 0.3) is 0 Å². The smallest absolute Gasteiger partial charge is 0.335 e. The Bertz CT molecular complexity index is 621. The number of amides is 1. The van der Waals surface area contributed by atoms with Crippen LogP contribution in [0, 0.1) is 6.92 Å². The van der Waals surface area contributed by atoms with Crippen molar-refractivity contribution in [2.75, 3.05) is 5.32 Å². The maximum absolute atomic E-state index is 11.7. The minimum atomic E-state index is -1.07. The van der Waals surface area contributed by atoms with Gasteiger partial charge in [-0.2, -0.15) is 4.98 Å². The van der Waals surface area contributed by atoms with Crippen LogP contribution in [0.3, 0.4) is 0 Å². The molecule has 1 aromatic carbocycles. The quantitative estimate of drug-likeness (QED) is 0.858. The van der Waals surface area contributed by atoms with Crippen LogP contribution in [-0.4, -0.2) is 27.1 Å². The lowest BCUT2D eigenvalue weighted by molar-refractivity contribution is -0.115. The Morgan fingerprint density at radius 1 is 1.37 bits per heavy atom. The van der Waals surface area contributed by atoms with Crippen LogP contribution in [-0.2, 0) is 11.2 Å².